The first-order chi connectivity index (χ1) is 11.8. The number of nitrogens with one attached hydrogen (secondary N) is 2. The molecule has 2 N–H and O–H groups in total. The van der Waals surface area contributed by atoms with Crippen molar-refractivity contribution in [1.82, 2.24) is 9.97 Å². The first-order valence-corrected chi connectivity index (χ1v) is 9.40. The summed E-state index contributed by atoms with van der Waals surface area (Å²) in [6.45, 7) is 20.3. The van der Waals surface area contributed by atoms with E-state index < -0.39 is 0 Å². The Hall–Kier alpha value is -1.96. The van der Waals surface area contributed by atoms with Crippen molar-refractivity contribution >= 4 is 10.9 Å². The molecule has 2 aromatic heterocycles. The lowest BCUT2D eigenvalue weighted by Crippen LogP contribution is -1.70. The fraction of sp³-hybridized carbons (Fsp3) is 0.455. The maximum Gasteiger partial charge on any atom is 0.0458 e. The molecular weight excluding hydrogens is 292 g/mol. The second kappa shape index (κ2) is 21.0. The van der Waals surface area contributed by atoms with Gasteiger partial charge in [0.2, 0.25) is 0 Å². The van der Waals surface area contributed by atoms with E-state index in [0.717, 1.165) is 0 Å². The van der Waals surface area contributed by atoms with Crippen molar-refractivity contribution in [2.75, 3.05) is 0 Å². The van der Waals surface area contributed by atoms with Gasteiger partial charge in [-0.25, -0.2) is 0 Å². The Morgan fingerprint density at radius 3 is 1.46 bits per heavy atom. The van der Waals surface area contributed by atoms with E-state index in [0.29, 0.717) is 0 Å². The summed E-state index contributed by atoms with van der Waals surface area (Å²) >= 11 is 0. The number of H-pyrrole nitrogens is 2. The van der Waals surface area contributed by atoms with Crippen LogP contribution in [0.5, 0.6) is 0 Å². The molecule has 0 aliphatic rings. The second-order valence-corrected chi connectivity index (χ2v) is 3.81. The summed E-state index contributed by atoms with van der Waals surface area (Å²) in [5.41, 5.74) is 3.87. The minimum Gasteiger partial charge on any atom is -0.368 e. The van der Waals surface area contributed by atoms with E-state index in [1.807, 2.05) is 79.9 Å². The summed E-state index contributed by atoms with van der Waals surface area (Å²) in [6.07, 6.45) is 3.75. The summed E-state index contributed by atoms with van der Waals surface area (Å²) in [7, 11) is 0. The quantitative estimate of drug-likeness (QED) is 0.419. The van der Waals surface area contributed by atoms with Crippen LogP contribution in [0.1, 0.15) is 66.6 Å². The van der Waals surface area contributed by atoms with Crippen molar-refractivity contribution in [2.24, 2.45) is 0 Å². The molecule has 0 aliphatic carbocycles. The fourth-order valence-electron chi connectivity index (χ4n) is 1.69. The highest BCUT2D eigenvalue weighted by atomic mass is 14.7. The fourth-order valence-corrected chi connectivity index (χ4v) is 1.69. The highest BCUT2D eigenvalue weighted by Crippen LogP contribution is 2.19. The van der Waals surface area contributed by atoms with Gasteiger partial charge in [0.15, 0.2) is 0 Å². The van der Waals surface area contributed by atoms with Crippen LogP contribution < -0.4 is 0 Å². The third-order valence-corrected chi connectivity index (χ3v) is 2.71. The zero-order valence-electron chi connectivity index (χ0n) is 17.6. The molecule has 0 atom stereocenters. The predicted octanol–water partition coefficient (Wildman–Crippen LogP) is 7.90. The normalized spacial score (nSPS) is 7.58. The van der Waals surface area contributed by atoms with E-state index in [2.05, 4.69) is 48.1 Å². The molecule has 0 aliphatic heterocycles. The molecule has 0 spiro atoms. The number of benzene rings is 1. The molecule has 0 amide bonds. The number of hydrogen-bond acceptors (Lipinski definition) is 0. The predicted molar refractivity (Wildman–Crippen MR) is 114 cm³/mol. The van der Waals surface area contributed by atoms with Crippen molar-refractivity contribution in [2.45, 2.75) is 69.2 Å². The zero-order valence-corrected chi connectivity index (χ0v) is 17.6. The van der Waals surface area contributed by atoms with Gasteiger partial charge in [-0.1, -0.05) is 73.6 Å². The first kappa shape index (κ1) is 26.9. The van der Waals surface area contributed by atoms with E-state index in [1.165, 1.54) is 22.2 Å². The van der Waals surface area contributed by atoms with Crippen LogP contribution in [-0.2, 0) is 0 Å². The molecule has 0 radical (unpaired) electrons. The van der Waals surface area contributed by atoms with Gasteiger partial charge in [0.05, 0.1) is 0 Å². The van der Waals surface area contributed by atoms with Crippen molar-refractivity contribution < 1.29 is 0 Å². The SMILES string of the molecule is CC.CC.CC.CC.Cc1[nH]c2ccccc2c1C.c1cc[nH]c1. The summed E-state index contributed by atoms with van der Waals surface area (Å²) < 4.78 is 0. The van der Waals surface area contributed by atoms with Gasteiger partial charge in [-0.2, -0.15) is 0 Å². The van der Waals surface area contributed by atoms with Crippen LogP contribution in [0.4, 0.5) is 0 Å². The van der Waals surface area contributed by atoms with E-state index in [4.69, 9.17) is 0 Å². The molecule has 2 heteroatoms. The Morgan fingerprint density at radius 2 is 1.08 bits per heavy atom. The molecule has 3 rings (SSSR count). The lowest BCUT2D eigenvalue weighted by molar-refractivity contribution is 1.25. The molecule has 0 fully saturated rings. The van der Waals surface area contributed by atoms with Gasteiger partial charge in [-0.15, -0.1) is 0 Å². The Balaban J connectivity index is -0.000000287. The number of para-hydroxylation sites is 1. The summed E-state index contributed by atoms with van der Waals surface area (Å²) in [5, 5.41) is 1.34. The number of rotatable bonds is 0. The third-order valence-electron chi connectivity index (χ3n) is 2.71. The summed E-state index contributed by atoms with van der Waals surface area (Å²) in [6, 6.07) is 12.3. The topological polar surface area (TPSA) is 31.6 Å². The Bertz CT molecular complexity index is 531. The minimum atomic E-state index is 1.24. The number of fused-ring (bicyclic) bond motifs is 1. The van der Waals surface area contributed by atoms with Crippen LogP contribution in [-0.4, -0.2) is 9.97 Å². The average molecular weight is 333 g/mol. The second-order valence-electron chi connectivity index (χ2n) is 3.81. The smallest absolute Gasteiger partial charge is 0.0458 e. The molecule has 2 heterocycles. The van der Waals surface area contributed by atoms with E-state index in [-0.39, 0.29) is 0 Å². The van der Waals surface area contributed by atoms with Gasteiger partial charge in [-0.3, -0.25) is 0 Å². The van der Waals surface area contributed by atoms with Crippen LogP contribution in [0.3, 0.4) is 0 Å². The zero-order chi connectivity index (χ0) is 19.4. The van der Waals surface area contributed by atoms with Crippen LogP contribution in [0, 0.1) is 13.8 Å². The van der Waals surface area contributed by atoms with Crippen molar-refractivity contribution in [3.63, 3.8) is 0 Å². The Labute approximate surface area is 150 Å². The monoisotopic (exact) mass is 332 g/mol. The highest BCUT2D eigenvalue weighted by molar-refractivity contribution is 5.84. The molecule has 3 aromatic rings. The average Bonchev–Trinajstić information content (AvgIpc) is 3.35. The van der Waals surface area contributed by atoms with Crippen molar-refractivity contribution in [1.29, 1.82) is 0 Å². The lowest BCUT2D eigenvalue weighted by Gasteiger charge is -1.87. The summed E-state index contributed by atoms with van der Waals surface area (Å²) in [4.78, 5) is 6.19. The van der Waals surface area contributed by atoms with Crippen LogP contribution in [0.2, 0.25) is 0 Å². The standard InChI is InChI=1S/C10H11N.C4H5N.4C2H6/c1-7-8(2)11-10-6-4-3-5-9(7)10;1-2-4-5-3-1;4*1-2/h3-6,11H,1-2H3;1-5H;4*1-2H3. The number of aromatic amines is 2. The highest BCUT2D eigenvalue weighted by Gasteiger charge is 2.00. The van der Waals surface area contributed by atoms with Gasteiger partial charge >= 0.3 is 0 Å². The third kappa shape index (κ3) is 10.7. The first-order valence-electron chi connectivity index (χ1n) is 9.40. The molecule has 0 saturated heterocycles. The van der Waals surface area contributed by atoms with E-state index in [1.54, 1.807) is 0 Å². The van der Waals surface area contributed by atoms with Crippen LogP contribution in [0.25, 0.3) is 10.9 Å². The van der Waals surface area contributed by atoms with Gasteiger partial charge in [0, 0.05) is 29.0 Å². The van der Waals surface area contributed by atoms with E-state index >= 15 is 0 Å². The number of hydrogen-bond donors (Lipinski definition) is 2. The Kier molecular flexibility index (Phi) is 23.6. The molecule has 2 nitrogen and oxygen atoms in total. The molecular formula is C22H40N2. The molecule has 0 bridgehead atoms. The maximum atomic E-state index is 3.33. The van der Waals surface area contributed by atoms with Gasteiger partial charge < -0.3 is 9.97 Å². The lowest BCUT2D eigenvalue weighted by atomic mass is 10.2. The molecule has 24 heavy (non-hydrogen) atoms. The van der Waals surface area contributed by atoms with Crippen LogP contribution in [0.15, 0.2) is 48.8 Å². The van der Waals surface area contributed by atoms with Crippen molar-refractivity contribution in [3.8, 4) is 0 Å². The van der Waals surface area contributed by atoms with E-state index in [9.17, 15) is 0 Å². The largest absolute Gasteiger partial charge is 0.368 e. The summed E-state index contributed by atoms with van der Waals surface area (Å²) in [5.74, 6) is 0. The van der Waals surface area contributed by atoms with Gasteiger partial charge in [0.25, 0.3) is 0 Å². The number of aromatic nitrogens is 2. The van der Waals surface area contributed by atoms with Gasteiger partial charge in [0.1, 0.15) is 0 Å². The van der Waals surface area contributed by atoms with Crippen LogP contribution >= 0.6 is 0 Å². The van der Waals surface area contributed by atoms with Gasteiger partial charge in [-0.05, 0) is 37.6 Å². The molecule has 0 unspecified atom stereocenters. The van der Waals surface area contributed by atoms with Crippen molar-refractivity contribution in [3.05, 3.63) is 60.0 Å². The molecule has 138 valence electrons. The molecule has 1 aromatic carbocycles. The Morgan fingerprint density at radius 1 is 0.625 bits per heavy atom. The number of aryl methyl sites for hydroxylation is 2. The minimum absolute atomic E-state index is 1.24. The maximum absolute atomic E-state index is 3.33. The molecule has 0 saturated carbocycles.